The molecule has 0 aromatic carbocycles. The zero-order valence-electron chi connectivity index (χ0n) is 8.06. The predicted octanol–water partition coefficient (Wildman–Crippen LogP) is 1.82. The molecule has 2 heterocycles. The summed E-state index contributed by atoms with van der Waals surface area (Å²) < 4.78 is 13.3. The maximum atomic E-state index is 13.3. The minimum Gasteiger partial charge on any atom is -0.390 e. The molecule has 0 amide bonds. The second-order valence-electron chi connectivity index (χ2n) is 3.02. The van der Waals surface area contributed by atoms with Crippen LogP contribution in [0.5, 0.6) is 0 Å². The van der Waals surface area contributed by atoms with Crippen molar-refractivity contribution >= 4 is 11.6 Å². The van der Waals surface area contributed by atoms with E-state index in [0.717, 1.165) is 0 Å². The van der Waals surface area contributed by atoms with E-state index in [2.05, 4.69) is 15.0 Å². The van der Waals surface area contributed by atoms with Crippen molar-refractivity contribution in [1.29, 1.82) is 0 Å². The summed E-state index contributed by atoms with van der Waals surface area (Å²) in [5.41, 5.74) is 0.971. The Morgan fingerprint density at radius 3 is 2.81 bits per heavy atom. The highest BCUT2D eigenvalue weighted by molar-refractivity contribution is 6.28. The van der Waals surface area contributed by atoms with Gasteiger partial charge in [0.2, 0.25) is 5.28 Å². The number of hydrogen-bond acceptors (Lipinski definition) is 4. The van der Waals surface area contributed by atoms with E-state index in [1.807, 2.05) is 0 Å². The first kappa shape index (κ1) is 10.9. The van der Waals surface area contributed by atoms with Crippen LogP contribution in [-0.4, -0.2) is 20.1 Å². The first-order valence-corrected chi connectivity index (χ1v) is 4.82. The highest BCUT2D eigenvalue weighted by Gasteiger charge is 2.07. The summed E-state index contributed by atoms with van der Waals surface area (Å²) in [6, 6.07) is 2.85. The Kier molecular flexibility index (Phi) is 3.07. The third-order valence-corrected chi connectivity index (χ3v) is 2.17. The van der Waals surface area contributed by atoms with Crippen molar-refractivity contribution in [3.05, 3.63) is 41.3 Å². The van der Waals surface area contributed by atoms with E-state index in [1.165, 1.54) is 18.5 Å². The van der Waals surface area contributed by atoms with Crippen LogP contribution in [0.3, 0.4) is 0 Å². The molecule has 0 spiro atoms. The van der Waals surface area contributed by atoms with Gasteiger partial charge in [-0.3, -0.25) is 4.98 Å². The Bertz CT molecular complexity index is 521. The normalized spacial score (nSPS) is 10.4. The molecule has 82 valence electrons. The molecule has 0 fully saturated rings. The van der Waals surface area contributed by atoms with Crippen LogP contribution in [0.4, 0.5) is 4.39 Å². The Balaban J connectivity index is 2.45. The third-order valence-electron chi connectivity index (χ3n) is 1.99. The number of halogens is 2. The average molecular weight is 240 g/mol. The van der Waals surface area contributed by atoms with E-state index >= 15 is 0 Å². The van der Waals surface area contributed by atoms with Crippen LogP contribution in [0.15, 0.2) is 24.5 Å². The molecule has 0 aliphatic carbocycles. The molecule has 2 aromatic heterocycles. The lowest BCUT2D eigenvalue weighted by Crippen LogP contribution is -1.96. The number of pyridine rings is 1. The largest absolute Gasteiger partial charge is 0.390 e. The van der Waals surface area contributed by atoms with Gasteiger partial charge in [0.15, 0.2) is 0 Å². The molecule has 6 heteroatoms. The van der Waals surface area contributed by atoms with Gasteiger partial charge in [0.25, 0.3) is 0 Å². The summed E-state index contributed by atoms with van der Waals surface area (Å²) in [7, 11) is 0. The molecule has 0 unspecified atom stereocenters. The molecule has 4 nitrogen and oxygen atoms in total. The van der Waals surface area contributed by atoms with Crippen LogP contribution in [-0.2, 0) is 6.61 Å². The molecular formula is C10H7ClFN3O. The van der Waals surface area contributed by atoms with E-state index < -0.39 is 12.4 Å². The number of aromatic nitrogens is 3. The number of hydrogen-bond donors (Lipinski definition) is 1. The highest BCUT2D eigenvalue weighted by Crippen LogP contribution is 2.18. The molecule has 0 radical (unpaired) electrons. The van der Waals surface area contributed by atoms with Gasteiger partial charge in [0.05, 0.1) is 12.3 Å². The average Bonchev–Trinajstić information content (AvgIpc) is 2.29. The molecule has 0 aliphatic rings. The standard InChI is InChI=1S/C10H7ClFN3O/c11-10-13-2-1-8(15-10)6-3-7(12)9(5-16)14-4-6/h1-4,16H,5H2. The van der Waals surface area contributed by atoms with E-state index in [-0.39, 0.29) is 11.0 Å². The van der Waals surface area contributed by atoms with Crippen molar-refractivity contribution in [3.63, 3.8) is 0 Å². The van der Waals surface area contributed by atoms with E-state index in [9.17, 15) is 4.39 Å². The minimum absolute atomic E-state index is 0.00361. The lowest BCUT2D eigenvalue weighted by atomic mass is 10.2. The van der Waals surface area contributed by atoms with Crippen molar-refractivity contribution in [2.75, 3.05) is 0 Å². The summed E-state index contributed by atoms with van der Waals surface area (Å²) >= 11 is 5.62. The Morgan fingerprint density at radius 1 is 1.38 bits per heavy atom. The van der Waals surface area contributed by atoms with Crippen LogP contribution >= 0.6 is 11.6 Å². The van der Waals surface area contributed by atoms with Crippen LogP contribution in [0.1, 0.15) is 5.69 Å². The van der Waals surface area contributed by atoms with E-state index in [1.54, 1.807) is 6.07 Å². The van der Waals surface area contributed by atoms with Gasteiger partial charge >= 0.3 is 0 Å². The van der Waals surface area contributed by atoms with Crippen LogP contribution in [0.2, 0.25) is 5.28 Å². The zero-order valence-corrected chi connectivity index (χ0v) is 8.82. The number of aliphatic hydroxyl groups excluding tert-OH is 1. The van der Waals surface area contributed by atoms with Gasteiger partial charge in [-0.2, -0.15) is 0 Å². The van der Waals surface area contributed by atoms with Gasteiger partial charge in [-0.1, -0.05) is 0 Å². The fourth-order valence-corrected chi connectivity index (χ4v) is 1.37. The molecule has 2 rings (SSSR count). The molecular weight excluding hydrogens is 233 g/mol. The lowest BCUT2D eigenvalue weighted by molar-refractivity contribution is 0.270. The van der Waals surface area contributed by atoms with Crippen LogP contribution in [0.25, 0.3) is 11.3 Å². The first-order chi connectivity index (χ1) is 7.70. The van der Waals surface area contributed by atoms with Crippen molar-refractivity contribution < 1.29 is 9.50 Å². The number of rotatable bonds is 2. The second-order valence-corrected chi connectivity index (χ2v) is 3.36. The van der Waals surface area contributed by atoms with Crippen LogP contribution < -0.4 is 0 Å². The van der Waals surface area contributed by atoms with Crippen molar-refractivity contribution in [2.24, 2.45) is 0 Å². The molecule has 0 aliphatic heterocycles. The summed E-state index contributed by atoms with van der Waals surface area (Å²) in [5, 5.41) is 8.86. The summed E-state index contributed by atoms with van der Waals surface area (Å²) in [5.74, 6) is -0.574. The van der Waals surface area contributed by atoms with Gasteiger partial charge in [0.1, 0.15) is 11.5 Å². The van der Waals surface area contributed by atoms with Gasteiger partial charge in [0, 0.05) is 18.0 Å². The van der Waals surface area contributed by atoms with Crippen LogP contribution in [0, 0.1) is 5.82 Å². The quantitative estimate of drug-likeness (QED) is 0.813. The molecule has 0 bridgehead atoms. The zero-order chi connectivity index (χ0) is 11.5. The Labute approximate surface area is 95.8 Å². The molecule has 0 saturated heterocycles. The Morgan fingerprint density at radius 2 is 2.19 bits per heavy atom. The van der Waals surface area contributed by atoms with E-state index in [0.29, 0.717) is 11.3 Å². The summed E-state index contributed by atoms with van der Waals surface area (Å²) in [4.78, 5) is 11.4. The maximum absolute atomic E-state index is 13.3. The van der Waals surface area contributed by atoms with Gasteiger partial charge in [-0.15, -0.1) is 0 Å². The molecule has 16 heavy (non-hydrogen) atoms. The topological polar surface area (TPSA) is 58.9 Å². The third kappa shape index (κ3) is 2.15. The fourth-order valence-electron chi connectivity index (χ4n) is 1.22. The van der Waals surface area contributed by atoms with Crippen molar-refractivity contribution in [2.45, 2.75) is 6.61 Å². The Hall–Kier alpha value is -1.59. The number of nitrogens with zero attached hydrogens (tertiary/aromatic N) is 3. The molecule has 2 aromatic rings. The summed E-state index contributed by atoms with van der Waals surface area (Å²) in [6.45, 7) is -0.434. The number of aliphatic hydroxyl groups is 1. The van der Waals surface area contributed by atoms with Gasteiger partial charge in [-0.05, 0) is 23.7 Å². The summed E-state index contributed by atoms with van der Waals surface area (Å²) in [6.07, 6.45) is 2.90. The van der Waals surface area contributed by atoms with Gasteiger partial charge in [-0.25, -0.2) is 14.4 Å². The second kappa shape index (κ2) is 4.51. The highest BCUT2D eigenvalue weighted by atomic mass is 35.5. The predicted molar refractivity (Wildman–Crippen MR) is 56.2 cm³/mol. The minimum atomic E-state index is -0.574. The maximum Gasteiger partial charge on any atom is 0.222 e. The fraction of sp³-hybridized carbons (Fsp3) is 0.100. The van der Waals surface area contributed by atoms with Crippen molar-refractivity contribution in [3.8, 4) is 11.3 Å². The van der Waals surface area contributed by atoms with Crippen molar-refractivity contribution in [1.82, 2.24) is 15.0 Å². The smallest absolute Gasteiger partial charge is 0.222 e. The molecule has 0 atom stereocenters. The molecule has 1 N–H and O–H groups in total. The first-order valence-electron chi connectivity index (χ1n) is 4.45. The SMILES string of the molecule is OCc1ncc(-c2ccnc(Cl)n2)cc1F. The lowest BCUT2D eigenvalue weighted by Gasteiger charge is -2.02. The monoisotopic (exact) mass is 239 g/mol. The van der Waals surface area contributed by atoms with Gasteiger partial charge < -0.3 is 5.11 Å². The molecule has 0 saturated carbocycles. The van der Waals surface area contributed by atoms with E-state index in [4.69, 9.17) is 16.7 Å².